The predicted octanol–water partition coefficient (Wildman–Crippen LogP) is 2.32. The third-order valence-electron chi connectivity index (χ3n) is 5.37. The molecule has 0 amide bonds. The smallest absolute Gasteiger partial charge is 0.253 e. The minimum Gasteiger partial charge on any atom is -0.299 e. The van der Waals surface area contributed by atoms with Crippen molar-refractivity contribution in [3.8, 4) is 11.3 Å². The van der Waals surface area contributed by atoms with Crippen molar-refractivity contribution in [2.75, 3.05) is 13.1 Å². The zero-order valence-electron chi connectivity index (χ0n) is 16.0. The second-order valence-corrected chi connectivity index (χ2v) is 7.31. The SMILES string of the molecule is Cc1nccnc1CN1CCC(Cn2cnc(-c3ccncc3)cc2=O)CC1. The molecule has 1 aliphatic rings. The number of piperidine rings is 1. The number of pyridine rings is 1. The van der Waals surface area contributed by atoms with E-state index in [1.165, 1.54) is 0 Å². The Balaban J connectivity index is 1.35. The lowest BCUT2D eigenvalue weighted by atomic mass is 9.96. The van der Waals surface area contributed by atoms with E-state index in [9.17, 15) is 4.79 Å². The molecule has 0 spiro atoms. The predicted molar refractivity (Wildman–Crippen MR) is 106 cm³/mol. The minimum atomic E-state index is -0.000531. The van der Waals surface area contributed by atoms with E-state index in [1.807, 2.05) is 19.1 Å². The van der Waals surface area contributed by atoms with Gasteiger partial charge < -0.3 is 0 Å². The van der Waals surface area contributed by atoms with Crippen LogP contribution in [0.3, 0.4) is 0 Å². The van der Waals surface area contributed by atoms with Gasteiger partial charge in [0.05, 0.1) is 23.4 Å². The number of aryl methyl sites for hydroxylation is 1. The Bertz CT molecular complexity index is 979. The largest absolute Gasteiger partial charge is 0.299 e. The molecule has 0 aliphatic carbocycles. The fourth-order valence-electron chi connectivity index (χ4n) is 3.65. The lowest BCUT2D eigenvalue weighted by Crippen LogP contribution is -2.36. The van der Waals surface area contributed by atoms with Crippen LogP contribution in [0.5, 0.6) is 0 Å². The molecular formula is C21H24N6O. The Morgan fingerprint density at radius 3 is 2.50 bits per heavy atom. The molecule has 3 aromatic rings. The maximum absolute atomic E-state index is 12.5. The van der Waals surface area contributed by atoms with E-state index in [4.69, 9.17) is 0 Å². The lowest BCUT2D eigenvalue weighted by Gasteiger charge is -2.32. The summed E-state index contributed by atoms with van der Waals surface area (Å²) in [7, 11) is 0. The van der Waals surface area contributed by atoms with Crippen molar-refractivity contribution in [1.82, 2.24) is 29.4 Å². The first kappa shape index (κ1) is 18.4. The fraction of sp³-hybridized carbons (Fsp3) is 0.381. The van der Waals surface area contributed by atoms with Crippen LogP contribution in [0, 0.1) is 12.8 Å². The first-order valence-electron chi connectivity index (χ1n) is 9.65. The summed E-state index contributed by atoms with van der Waals surface area (Å²) >= 11 is 0. The summed E-state index contributed by atoms with van der Waals surface area (Å²) in [4.78, 5) is 32.2. The van der Waals surface area contributed by atoms with Crippen molar-refractivity contribution in [3.63, 3.8) is 0 Å². The molecule has 4 heterocycles. The van der Waals surface area contributed by atoms with Gasteiger partial charge in [0.25, 0.3) is 5.56 Å². The van der Waals surface area contributed by atoms with Gasteiger partial charge in [-0.2, -0.15) is 0 Å². The van der Waals surface area contributed by atoms with Crippen LogP contribution < -0.4 is 5.56 Å². The molecule has 0 saturated carbocycles. The van der Waals surface area contributed by atoms with E-state index < -0.39 is 0 Å². The number of hydrogen-bond acceptors (Lipinski definition) is 6. The highest BCUT2D eigenvalue weighted by Gasteiger charge is 2.21. The second kappa shape index (κ2) is 8.39. The van der Waals surface area contributed by atoms with Crippen LogP contribution in [-0.4, -0.2) is 42.5 Å². The van der Waals surface area contributed by atoms with Gasteiger partial charge >= 0.3 is 0 Å². The van der Waals surface area contributed by atoms with Crippen LogP contribution in [0.2, 0.25) is 0 Å². The molecule has 0 N–H and O–H groups in total. The standard InChI is InChI=1S/C21H24N6O/c1-16-20(24-9-8-23-16)14-26-10-4-17(5-11-26)13-27-15-25-19(12-21(27)28)18-2-6-22-7-3-18/h2-3,6-9,12,15,17H,4-5,10-11,13-14H2,1H3. The van der Waals surface area contributed by atoms with Gasteiger partial charge in [-0.25, -0.2) is 4.98 Å². The molecule has 7 heteroatoms. The normalized spacial score (nSPS) is 15.6. The summed E-state index contributed by atoms with van der Waals surface area (Å²) in [5.41, 5.74) is 3.65. The lowest BCUT2D eigenvalue weighted by molar-refractivity contribution is 0.164. The highest BCUT2D eigenvalue weighted by Crippen LogP contribution is 2.20. The molecule has 0 aromatic carbocycles. The van der Waals surface area contributed by atoms with Crippen LogP contribution in [0.1, 0.15) is 24.2 Å². The van der Waals surface area contributed by atoms with E-state index >= 15 is 0 Å². The van der Waals surface area contributed by atoms with Crippen molar-refractivity contribution >= 4 is 0 Å². The van der Waals surface area contributed by atoms with Crippen molar-refractivity contribution in [2.45, 2.75) is 32.9 Å². The molecule has 0 unspecified atom stereocenters. The number of nitrogens with zero attached hydrogens (tertiary/aromatic N) is 6. The summed E-state index contributed by atoms with van der Waals surface area (Å²) in [6.45, 7) is 5.59. The van der Waals surface area contributed by atoms with E-state index in [-0.39, 0.29) is 5.56 Å². The summed E-state index contributed by atoms with van der Waals surface area (Å²) in [5.74, 6) is 0.491. The maximum Gasteiger partial charge on any atom is 0.253 e. The van der Waals surface area contributed by atoms with Crippen LogP contribution in [-0.2, 0) is 13.1 Å². The summed E-state index contributed by atoms with van der Waals surface area (Å²) in [6.07, 6.45) is 10.7. The molecule has 1 saturated heterocycles. The molecule has 144 valence electrons. The molecule has 0 bridgehead atoms. The van der Waals surface area contributed by atoms with Crippen molar-refractivity contribution in [1.29, 1.82) is 0 Å². The topological polar surface area (TPSA) is 76.8 Å². The van der Waals surface area contributed by atoms with E-state index in [1.54, 1.807) is 41.7 Å². The van der Waals surface area contributed by atoms with Crippen LogP contribution in [0.25, 0.3) is 11.3 Å². The first-order chi connectivity index (χ1) is 13.7. The number of rotatable bonds is 5. The highest BCUT2D eigenvalue weighted by atomic mass is 16.1. The Labute approximate surface area is 164 Å². The third-order valence-corrected chi connectivity index (χ3v) is 5.37. The van der Waals surface area contributed by atoms with Crippen molar-refractivity contribution in [2.24, 2.45) is 5.92 Å². The third kappa shape index (κ3) is 4.31. The molecule has 1 fully saturated rings. The molecular weight excluding hydrogens is 352 g/mol. The average molecular weight is 376 g/mol. The molecule has 3 aromatic heterocycles. The zero-order valence-corrected chi connectivity index (χ0v) is 16.0. The Hall–Kier alpha value is -2.93. The summed E-state index contributed by atoms with van der Waals surface area (Å²) in [6, 6.07) is 5.34. The molecule has 28 heavy (non-hydrogen) atoms. The monoisotopic (exact) mass is 376 g/mol. The molecule has 7 nitrogen and oxygen atoms in total. The Morgan fingerprint density at radius 2 is 1.79 bits per heavy atom. The fourth-order valence-corrected chi connectivity index (χ4v) is 3.65. The van der Waals surface area contributed by atoms with Gasteiger partial charge in [0.1, 0.15) is 0 Å². The van der Waals surface area contributed by atoms with Crippen molar-refractivity contribution in [3.05, 3.63) is 71.1 Å². The molecule has 0 radical (unpaired) electrons. The Morgan fingerprint density at radius 1 is 1.04 bits per heavy atom. The van der Waals surface area contributed by atoms with Gasteiger partial charge in [-0.3, -0.25) is 29.2 Å². The average Bonchev–Trinajstić information content (AvgIpc) is 2.73. The Kier molecular flexibility index (Phi) is 5.53. The number of likely N-dealkylation sites (tertiary alicyclic amines) is 1. The molecule has 0 atom stereocenters. The van der Waals surface area contributed by atoms with E-state index in [2.05, 4.69) is 24.8 Å². The van der Waals surface area contributed by atoms with E-state index in [0.29, 0.717) is 11.6 Å². The van der Waals surface area contributed by atoms with Crippen LogP contribution in [0.15, 0.2) is 54.1 Å². The van der Waals surface area contributed by atoms with Crippen LogP contribution in [0.4, 0.5) is 0 Å². The molecule has 1 aliphatic heterocycles. The minimum absolute atomic E-state index is 0.000531. The summed E-state index contributed by atoms with van der Waals surface area (Å²) < 4.78 is 1.73. The van der Waals surface area contributed by atoms with Gasteiger partial charge in [-0.05, 0) is 50.9 Å². The summed E-state index contributed by atoms with van der Waals surface area (Å²) in [5, 5.41) is 0. The van der Waals surface area contributed by atoms with Gasteiger partial charge in [0.15, 0.2) is 0 Å². The number of aromatic nitrogens is 5. The van der Waals surface area contributed by atoms with Gasteiger partial charge in [0, 0.05) is 49.5 Å². The first-order valence-corrected chi connectivity index (χ1v) is 9.65. The number of hydrogen-bond donors (Lipinski definition) is 0. The second-order valence-electron chi connectivity index (χ2n) is 7.31. The van der Waals surface area contributed by atoms with Crippen molar-refractivity contribution < 1.29 is 0 Å². The van der Waals surface area contributed by atoms with E-state index in [0.717, 1.165) is 56.0 Å². The molecule has 4 rings (SSSR count). The zero-order chi connectivity index (χ0) is 19.3. The van der Waals surface area contributed by atoms with Crippen LogP contribution >= 0.6 is 0 Å². The van der Waals surface area contributed by atoms with Gasteiger partial charge in [-0.1, -0.05) is 0 Å². The maximum atomic E-state index is 12.5. The highest BCUT2D eigenvalue weighted by molar-refractivity contribution is 5.57. The van der Waals surface area contributed by atoms with Gasteiger partial charge in [0.2, 0.25) is 0 Å². The quantitative estimate of drug-likeness (QED) is 0.680. The van der Waals surface area contributed by atoms with Gasteiger partial charge in [-0.15, -0.1) is 0 Å².